The molecule has 3 nitrogen and oxygen atoms in total. The van der Waals surface area contributed by atoms with E-state index < -0.39 is 28.9 Å². The second kappa shape index (κ2) is 6.45. The Labute approximate surface area is 121 Å². The Morgan fingerprint density at radius 2 is 2.00 bits per heavy atom. The number of hydrogen-bond acceptors (Lipinski definition) is 2. The average Bonchev–Trinajstić information content (AvgIpc) is 2.77. The number of likely N-dealkylation sites (tertiary alicyclic amines) is 1. The van der Waals surface area contributed by atoms with E-state index in [1.807, 2.05) is 6.92 Å². The van der Waals surface area contributed by atoms with Gasteiger partial charge in [0.25, 0.3) is 5.91 Å². The van der Waals surface area contributed by atoms with Gasteiger partial charge >= 0.3 is 0 Å². The standard InChI is InChI=1S/C13H15F3N2O.ClH/c1-7-4-8(5-17)6-18(7)13(19)9-2-3-10(14)12(16)11(9)15;/h2-3,7-8H,4-6,17H2,1H3;1H. The summed E-state index contributed by atoms with van der Waals surface area (Å²) in [6, 6.07) is 1.64. The molecule has 1 aromatic rings. The minimum absolute atomic E-state index is 0. The Hall–Kier alpha value is -1.27. The highest BCUT2D eigenvalue weighted by Gasteiger charge is 2.33. The Morgan fingerprint density at radius 1 is 1.35 bits per heavy atom. The lowest BCUT2D eigenvalue weighted by Crippen LogP contribution is -2.35. The fourth-order valence-electron chi connectivity index (χ4n) is 2.44. The summed E-state index contributed by atoms with van der Waals surface area (Å²) in [4.78, 5) is 13.6. The van der Waals surface area contributed by atoms with E-state index in [0.717, 1.165) is 18.6 Å². The fourth-order valence-corrected chi connectivity index (χ4v) is 2.44. The first-order valence-electron chi connectivity index (χ1n) is 6.10. The minimum Gasteiger partial charge on any atom is -0.336 e. The topological polar surface area (TPSA) is 46.3 Å². The van der Waals surface area contributed by atoms with Crippen LogP contribution in [0.15, 0.2) is 12.1 Å². The molecule has 2 rings (SSSR count). The number of benzene rings is 1. The molecule has 1 fully saturated rings. The number of nitrogens with two attached hydrogens (primary N) is 1. The van der Waals surface area contributed by atoms with Crippen LogP contribution in [0.2, 0.25) is 0 Å². The van der Waals surface area contributed by atoms with Crippen molar-refractivity contribution in [2.75, 3.05) is 13.1 Å². The summed E-state index contributed by atoms with van der Waals surface area (Å²) in [5, 5.41) is 0. The molecular formula is C13H16ClF3N2O. The zero-order chi connectivity index (χ0) is 14.2. The molecule has 1 saturated heterocycles. The van der Waals surface area contributed by atoms with Crippen LogP contribution in [0.5, 0.6) is 0 Å². The summed E-state index contributed by atoms with van der Waals surface area (Å²) >= 11 is 0. The molecule has 0 aromatic heterocycles. The Balaban J connectivity index is 0.00000200. The van der Waals surface area contributed by atoms with Crippen LogP contribution >= 0.6 is 12.4 Å². The van der Waals surface area contributed by atoms with Gasteiger partial charge in [0.05, 0.1) is 5.56 Å². The third-order valence-corrected chi connectivity index (χ3v) is 3.52. The van der Waals surface area contributed by atoms with Gasteiger partial charge in [-0.1, -0.05) is 0 Å². The minimum atomic E-state index is -1.62. The molecule has 1 aliphatic heterocycles. The van der Waals surface area contributed by atoms with Gasteiger partial charge in [-0.25, -0.2) is 13.2 Å². The van der Waals surface area contributed by atoms with Crippen molar-refractivity contribution in [1.82, 2.24) is 4.90 Å². The molecule has 1 heterocycles. The van der Waals surface area contributed by atoms with Crippen molar-refractivity contribution < 1.29 is 18.0 Å². The monoisotopic (exact) mass is 308 g/mol. The Kier molecular flexibility index (Phi) is 5.42. The van der Waals surface area contributed by atoms with Crippen molar-refractivity contribution in [1.29, 1.82) is 0 Å². The SMILES string of the molecule is CC1CC(CN)CN1C(=O)c1ccc(F)c(F)c1F.Cl. The second-order valence-electron chi connectivity index (χ2n) is 4.87. The third-order valence-electron chi connectivity index (χ3n) is 3.52. The van der Waals surface area contributed by atoms with E-state index in [2.05, 4.69) is 0 Å². The lowest BCUT2D eigenvalue weighted by atomic mass is 10.1. The van der Waals surface area contributed by atoms with Gasteiger partial charge < -0.3 is 10.6 Å². The molecule has 112 valence electrons. The van der Waals surface area contributed by atoms with E-state index >= 15 is 0 Å². The molecule has 2 unspecified atom stereocenters. The molecule has 0 saturated carbocycles. The van der Waals surface area contributed by atoms with Crippen LogP contribution in [0.1, 0.15) is 23.7 Å². The normalized spacial score (nSPS) is 21.8. The van der Waals surface area contributed by atoms with E-state index in [9.17, 15) is 18.0 Å². The molecule has 0 aliphatic carbocycles. The number of hydrogen-bond donors (Lipinski definition) is 1. The predicted octanol–water partition coefficient (Wildman–Crippen LogP) is 2.34. The van der Waals surface area contributed by atoms with Crippen LogP contribution in [-0.2, 0) is 0 Å². The van der Waals surface area contributed by atoms with Crippen LogP contribution < -0.4 is 5.73 Å². The molecule has 0 spiro atoms. The number of carbonyl (C=O) groups is 1. The quantitative estimate of drug-likeness (QED) is 0.852. The average molecular weight is 309 g/mol. The van der Waals surface area contributed by atoms with Crippen molar-refractivity contribution in [3.63, 3.8) is 0 Å². The Morgan fingerprint density at radius 3 is 2.55 bits per heavy atom. The smallest absolute Gasteiger partial charge is 0.257 e. The van der Waals surface area contributed by atoms with E-state index in [4.69, 9.17) is 5.73 Å². The van der Waals surface area contributed by atoms with Gasteiger partial charge in [0.2, 0.25) is 0 Å². The van der Waals surface area contributed by atoms with Crippen LogP contribution in [0, 0.1) is 23.4 Å². The molecular weight excluding hydrogens is 293 g/mol. The number of rotatable bonds is 2. The molecule has 1 aliphatic rings. The highest BCUT2D eigenvalue weighted by atomic mass is 35.5. The second-order valence-corrected chi connectivity index (χ2v) is 4.87. The summed E-state index contributed by atoms with van der Waals surface area (Å²) < 4.78 is 39.6. The van der Waals surface area contributed by atoms with E-state index in [0.29, 0.717) is 13.1 Å². The first-order chi connectivity index (χ1) is 8.95. The zero-order valence-corrected chi connectivity index (χ0v) is 11.7. The van der Waals surface area contributed by atoms with Gasteiger partial charge in [-0.15, -0.1) is 12.4 Å². The maximum Gasteiger partial charge on any atom is 0.257 e. The van der Waals surface area contributed by atoms with Crippen LogP contribution in [0.3, 0.4) is 0 Å². The first-order valence-corrected chi connectivity index (χ1v) is 6.10. The number of carbonyl (C=O) groups excluding carboxylic acids is 1. The molecule has 1 aromatic carbocycles. The molecule has 0 bridgehead atoms. The van der Waals surface area contributed by atoms with Gasteiger partial charge in [-0.2, -0.15) is 0 Å². The van der Waals surface area contributed by atoms with Gasteiger partial charge in [-0.3, -0.25) is 4.79 Å². The zero-order valence-electron chi connectivity index (χ0n) is 10.9. The van der Waals surface area contributed by atoms with Crippen LogP contribution in [-0.4, -0.2) is 29.9 Å². The maximum absolute atomic E-state index is 13.6. The molecule has 20 heavy (non-hydrogen) atoms. The molecule has 2 atom stereocenters. The summed E-state index contributed by atoms with van der Waals surface area (Å²) in [5.41, 5.74) is 5.11. The van der Waals surface area contributed by atoms with Crippen molar-refractivity contribution in [3.05, 3.63) is 35.1 Å². The highest BCUT2D eigenvalue weighted by molar-refractivity contribution is 5.95. The first kappa shape index (κ1) is 16.8. The summed E-state index contributed by atoms with van der Waals surface area (Å²) in [6.45, 7) is 2.68. The molecule has 2 N–H and O–H groups in total. The molecule has 0 radical (unpaired) electrons. The predicted molar refractivity (Wildman–Crippen MR) is 71.2 cm³/mol. The van der Waals surface area contributed by atoms with E-state index in [-0.39, 0.29) is 24.4 Å². The highest BCUT2D eigenvalue weighted by Crippen LogP contribution is 2.25. The number of nitrogens with zero attached hydrogens (tertiary/aromatic N) is 1. The van der Waals surface area contributed by atoms with Crippen LogP contribution in [0.25, 0.3) is 0 Å². The lowest BCUT2D eigenvalue weighted by molar-refractivity contribution is 0.0737. The number of amides is 1. The van der Waals surface area contributed by atoms with Gasteiger partial charge in [0, 0.05) is 12.6 Å². The lowest BCUT2D eigenvalue weighted by Gasteiger charge is -2.21. The summed E-state index contributed by atoms with van der Waals surface area (Å²) in [6.07, 6.45) is 0.730. The largest absolute Gasteiger partial charge is 0.336 e. The van der Waals surface area contributed by atoms with Crippen molar-refractivity contribution in [2.45, 2.75) is 19.4 Å². The van der Waals surface area contributed by atoms with Gasteiger partial charge in [0.15, 0.2) is 17.5 Å². The van der Waals surface area contributed by atoms with Crippen molar-refractivity contribution >= 4 is 18.3 Å². The van der Waals surface area contributed by atoms with E-state index in [1.165, 1.54) is 4.90 Å². The molecule has 7 heteroatoms. The number of halogens is 4. The maximum atomic E-state index is 13.6. The summed E-state index contributed by atoms with van der Waals surface area (Å²) in [7, 11) is 0. The van der Waals surface area contributed by atoms with Crippen LogP contribution in [0.4, 0.5) is 13.2 Å². The Bertz CT molecular complexity index is 513. The fraction of sp³-hybridized carbons (Fsp3) is 0.462. The van der Waals surface area contributed by atoms with Crippen molar-refractivity contribution in [2.24, 2.45) is 11.7 Å². The van der Waals surface area contributed by atoms with Gasteiger partial charge in [-0.05, 0) is 37.9 Å². The van der Waals surface area contributed by atoms with Crippen molar-refractivity contribution in [3.8, 4) is 0 Å². The summed E-state index contributed by atoms with van der Waals surface area (Å²) in [5.74, 6) is -4.82. The molecule has 1 amide bonds. The van der Waals surface area contributed by atoms with Gasteiger partial charge in [0.1, 0.15) is 0 Å². The third kappa shape index (κ3) is 2.91. The van der Waals surface area contributed by atoms with E-state index in [1.54, 1.807) is 0 Å².